The molecule has 1 atom stereocenters. The summed E-state index contributed by atoms with van der Waals surface area (Å²) in [4.78, 5) is 0. The molecule has 1 nitrogen and oxygen atoms in total. The van der Waals surface area contributed by atoms with E-state index in [-0.39, 0.29) is 6.10 Å². The molecule has 0 amide bonds. The van der Waals surface area contributed by atoms with Crippen LogP contribution in [0.1, 0.15) is 35.3 Å². The lowest BCUT2D eigenvalue weighted by molar-refractivity contribution is 0.198. The molecule has 0 heterocycles. The molecular weight excluding hydrogens is 196 g/mol. The van der Waals surface area contributed by atoms with Crippen molar-refractivity contribution in [2.75, 3.05) is 0 Å². The van der Waals surface area contributed by atoms with Crippen molar-refractivity contribution >= 4 is 0 Å². The van der Waals surface area contributed by atoms with Gasteiger partial charge in [-0.3, -0.25) is 0 Å². The highest BCUT2D eigenvalue weighted by Crippen LogP contribution is 2.26. The second kappa shape index (κ2) is 5.42. The third-order valence-electron chi connectivity index (χ3n) is 2.51. The molecule has 0 N–H and O–H groups in total. The minimum absolute atomic E-state index is 0.205. The topological polar surface area (TPSA) is 9.23 Å². The van der Waals surface area contributed by atoms with Crippen molar-refractivity contribution in [2.24, 2.45) is 0 Å². The van der Waals surface area contributed by atoms with Crippen LogP contribution in [-0.4, -0.2) is 0 Å². The summed E-state index contributed by atoms with van der Waals surface area (Å²) in [6, 6.07) is 4.30. The number of hydrogen-bond donors (Lipinski definition) is 0. The van der Waals surface area contributed by atoms with Crippen LogP contribution in [0.25, 0.3) is 0 Å². The molecule has 1 heteroatoms. The summed E-state index contributed by atoms with van der Waals surface area (Å²) in [5, 5.41) is 0. The average Bonchev–Trinajstić information content (AvgIpc) is 2.16. The molecule has 16 heavy (non-hydrogen) atoms. The molecule has 0 bridgehead atoms. The van der Waals surface area contributed by atoms with Gasteiger partial charge >= 0.3 is 0 Å². The zero-order valence-corrected chi connectivity index (χ0v) is 10.4. The van der Waals surface area contributed by atoms with E-state index in [0.717, 1.165) is 5.56 Å². The molecule has 0 radical (unpaired) electrons. The molecule has 0 aromatic heterocycles. The molecule has 1 aromatic rings. The monoisotopic (exact) mass is 214 g/mol. The van der Waals surface area contributed by atoms with Crippen molar-refractivity contribution in [3.05, 3.63) is 47.2 Å². The van der Waals surface area contributed by atoms with Crippen LogP contribution in [0.5, 0.6) is 0 Å². The molecule has 0 saturated heterocycles. The molecule has 0 saturated carbocycles. The van der Waals surface area contributed by atoms with E-state index in [1.807, 2.05) is 6.92 Å². The normalized spacial score (nSPS) is 11.2. The third-order valence-corrected chi connectivity index (χ3v) is 2.51. The van der Waals surface area contributed by atoms with Gasteiger partial charge in [-0.05, 0) is 38.8 Å². The fourth-order valence-electron chi connectivity index (χ4n) is 2.01. The Kier molecular flexibility index (Phi) is 4.19. The summed E-state index contributed by atoms with van der Waals surface area (Å²) < 4.78 is 5.46. The Hall–Kier alpha value is -1.68. The van der Waals surface area contributed by atoms with Crippen LogP contribution in [0.4, 0.5) is 0 Å². The summed E-state index contributed by atoms with van der Waals surface area (Å²) in [5.74, 6) is 5.95. The highest BCUT2D eigenvalue weighted by atomic mass is 16.5. The second-order valence-electron chi connectivity index (χ2n) is 3.89. The standard InChI is InChI=1S/C15H18O/c1-6-8-14(16-7-2)15-12(4)9-11(3)10-13(15)5/h7,9-10,14H,2H2,1,3-5H3. The van der Waals surface area contributed by atoms with E-state index in [1.165, 1.54) is 23.0 Å². The lowest BCUT2D eigenvalue weighted by Crippen LogP contribution is -2.03. The Morgan fingerprint density at radius 2 is 1.81 bits per heavy atom. The van der Waals surface area contributed by atoms with Crippen molar-refractivity contribution in [2.45, 2.75) is 33.8 Å². The van der Waals surface area contributed by atoms with Crippen LogP contribution >= 0.6 is 0 Å². The maximum atomic E-state index is 5.46. The molecule has 0 aliphatic carbocycles. The van der Waals surface area contributed by atoms with Crippen molar-refractivity contribution in [1.82, 2.24) is 0 Å². The predicted octanol–water partition coefficient (Wildman–Crippen LogP) is 3.84. The molecule has 1 aromatic carbocycles. The predicted molar refractivity (Wildman–Crippen MR) is 68.1 cm³/mol. The van der Waals surface area contributed by atoms with Gasteiger partial charge in [0.25, 0.3) is 0 Å². The van der Waals surface area contributed by atoms with Crippen LogP contribution in [-0.2, 0) is 4.74 Å². The summed E-state index contributed by atoms with van der Waals surface area (Å²) in [6.45, 7) is 11.7. The summed E-state index contributed by atoms with van der Waals surface area (Å²) in [6.07, 6.45) is 1.25. The smallest absolute Gasteiger partial charge is 0.183 e. The highest BCUT2D eigenvalue weighted by Gasteiger charge is 2.14. The quantitative estimate of drug-likeness (QED) is 0.548. The number of aryl methyl sites for hydroxylation is 3. The molecule has 0 aliphatic rings. The van der Waals surface area contributed by atoms with Gasteiger partial charge in [0.1, 0.15) is 0 Å². The van der Waals surface area contributed by atoms with Crippen molar-refractivity contribution in [3.8, 4) is 11.8 Å². The van der Waals surface area contributed by atoms with Crippen molar-refractivity contribution in [1.29, 1.82) is 0 Å². The van der Waals surface area contributed by atoms with E-state index < -0.39 is 0 Å². The first-order valence-corrected chi connectivity index (χ1v) is 5.36. The Bertz CT molecular complexity index is 423. The van der Waals surface area contributed by atoms with Crippen LogP contribution in [0.3, 0.4) is 0 Å². The maximum absolute atomic E-state index is 5.46. The van der Waals surface area contributed by atoms with E-state index in [2.05, 4.69) is 51.3 Å². The summed E-state index contributed by atoms with van der Waals surface area (Å²) in [5.41, 5.74) is 4.85. The zero-order chi connectivity index (χ0) is 12.1. The average molecular weight is 214 g/mol. The minimum atomic E-state index is -0.205. The number of rotatable bonds is 3. The fraction of sp³-hybridized carbons (Fsp3) is 0.333. The van der Waals surface area contributed by atoms with Gasteiger partial charge in [-0.2, -0.15) is 0 Å². The number of hydrogen-bond acceptors (Lipinski definition) is 1. The maximum Gasteiger partial charge on any atom is 0.183 e. The van der Waals surface area contributed by atoms with E-state index in [1.54, 1.807) is 0 Å². The third kappa shape index (κ3) is 2.67. The van der Waals surface area contributed by atoms with Crippen LogP contribution in [0.2, 0.25) is 0 Å². The van der Waals surface area contributed by atoms with Crippen LogP contribution in [0.15, 0.2) is 25.0 Å². The van der Waals surface area contributed by atoms with E-state index >= 15 is 0 Å². The molecule has 0 fully saturated rings. The van der Waals surface area contributed by atoms with E-state index in [9.17, 15) is 0 Å². The van der Waals surface area contributed by atoms with Gasteiger partial charge in [-0.15, -0.1) is 5.92 Å². The molecule has 0 aliphatic heterocycles. The van der Waals surface area contributed by atoms with E-state index in [4.69, 9.17) is 4.74 Å². The lowest BCUT2D eigenvalue weighted by atomic mass is 9.96. The summed E-state index contributed by atoms with van der Waals surface area (Å²) >= 11 is 0. The first-order valence-electron chi connectivity index (χ1n) is 5.36. The zero-order valence-electron chi connectivity index (χ0n) is 10.4. The number of ether oxygens (including phenoxy) is 1. The second-order valence-corrected chi connectivity index (χ2v) is 3.89. The van der Waals surface area contributed by atoms with Gasteiger partial charge in [-0.25, -0.2) is 0 Å². The van der Waals surface area contributed by atoms with Crippen LogP contribution < -0.4 is 0 Å². The SMILES string of the molecule is C=COC(C#CC)c1c(C)cc(C)cc1C. The van der Waals surface area contributed by atoms with Crippen molar-refractivity contribution in [3.63, 3.8) is 0 Å². The lowest BCUT2D eigenvalue weighted by Gasteiger charge is -2.17. The summed E-state index contributed by atoms with van der Waals surface area (Å²) in [7, 11) is 0. The first-order chi connectivity index (χ1) is 7.60. The highest BCUT2D eigenvalue weighted by molar-refractivity contribution is 5.42. The van der Waals surface area contributed by atoms with Gasteiger partial charge in [0, 0.05) is 5.56 Å². The van der Waals surface area contributed by atoms with E-state index in [0.29, 0.717) is 0 Å². The molecule has 0 spiro atoms. The van der Waals surface area contributed by atoms with Gasteiger partial charge in [-0.1, -0.05) is 30.2 Å². The Morgan fingerprint density at radius 1 is 1.25 bits per heavy atom. The number of benzene rings is 1. The van der Waals surface area contributed by atoms with Gasteiger partial charge in [0.15, 0.2) is 6.10 Å². The molecule has 84 valence electrons. The van der Waals surface area contributed by atoms with Crippen molar-refractivity contribution < 1.29 is 4.74 Å². The minimum Gasteiger partial charge on any atom is -0.481 e. The van der Waals surface area contributed by atoms with Gasteiger partial charge in [0.2, 0.25) is 0 Å². The fourth-order valence-corrected chi connectivity index (χ4v) is 2.01. The van der Waals surface area contributed by atoms with Crippen LogP contribution in [0, 0.1) is 32.6 Å². The Balaban J connectivity index is 3.26. The molecule has 1 unspecified atom stereocenters. The van der Waals surface area contributed by atoms with Gasteiger partial charge < -0.3 is 4.74 Å². The Morgan fingerprint density at radius 3 is 2.25 bits per heavy atom. The molecule has 1 rings (SSSR count). The molecular formula is C15H18O. The van der Waals surface area contributed by atoms with Gasteiger partial charge in [0.05, 0.1) is 6.26 Å². The first kappa shape index (κ1) is 12.4. The Labute approximate surface area is 98.1 Å². The largest absolute Gasteiger partial charge is 0.481 e.